The first-order valence-corrected chi connectivity index (χ1v) is 1.75. The fraction of sp³-hybridized carbons (Fsp3) is 0. The molecule has 2 nitrogen and oxygen atoms in total. The fourth-order valence-electron chi connectivity index (χ4n) is 0. The molecule has 4 heteroatoms. The van der Waals surface area contributed by atoms with Crippen LogP contribution in [0.15, 0.2) is 9.77 Å². The molecule has 0 aromatic rings. The highest BCUT2D eigenvalue weighted by molar-refractivity contribution is 7.17. The van der Waals surface area contributed by atoms with Gasteiger partial charge in [0.25, 0.3) is 0 Å². The third kappa shape index (κ3) is 2.46. The number of hydrogen-bond donors (Lipinski definition) is 0. The molecule has 0 rings (SSSR count). The molecule has 0 N–H and O–H groups in total. The quantitative estimate of drug-likeness (QED) is 0.316. The maximum absolute atomic E-state index is 3.24. The Morgan fingerprint density at radius 2 is 1.25 bits per heavy atom. The predicted octanol–water partition coefficient (Wildman–Crippen LogP) is 1.02. The van der Waals surface area contributed by atoms with E-state index in [0.29, 0.717) is 0 Å². The number of nitrogens with zero attached hydrogens (tertiary/aromatic N) is 2. The van der Waals surface area contributed by atoms with Crippen molar-refractivity contribution in [2.24, 2.45) is 9.77 Å². The van der Waals surface area contributed by atoms with E-state index < -0.39 is 0 Å². The Morgan fingerprint density at radius 3 is 1.25 bits per heavy atom. The van der Waals surface area contributed by atoms with Crippen LogP contribution in [-0.4, -0.2) is 0 Å². The summed E-state index contributed by atoms with van der Waals surface area (Å²) in [7, 11) is 4.19. The Balaban J connectivity index is 2.55. The summed E-state index contributed by atoms with van der Waals surface area (Å²) in [5, 5.41) is 0. The molecule has 0 saturated carbocycles. The average molecular weight is 94.0 g/mol. The van der Waals surface area contributed by atoms with Crippen LogP contribution in [0.25, 0.3) is 0 Å². The van der Waals surface area contributed by atoms with Crippen molar-refractivity contribution in [3.05, 3.63) is 0 Å². The summed E-state index contributed by atoms with van der Waals surface area (Å²) in [6.45, 7) is 0. The van der Waals surface area contributed by atoms with E-state index in [1.165, 1.54) is 0 Å². The molecular formula is H4N2P2. The second-order valence-corrected chi connectivity index (χ2v) is 0.693. The SMILES string of the molecule is PN=NP. The maximum atomic E-state index is 3.24. The van der Waals surface area contributed by atoms with Crippen molar-refractivity contribution in [1.29, 1.82) is 0 Å². The van der Waals surface area contributed by atoms with E-state index >= 15 is 0 Å². The van der Waals surface area contributed by atoms with Gasteiger partial charge in [-0.25, -0.2) is 0 Å². The molecule has 2 unspecified atom stereocenters. The molecule has 0 aliphatic heterocycles. The second kappa shape index (κ2) is 3.46. The molecule has 0 aromatic carbocycles. The third-order valence-corrected chi connectivity index (χ3v) is 0.600. The van der Waals surface area contributed by atoms with Crippen LogP contribution in [0.3, 0.4) is 0 Å². The lowest BCUT2D eigenvalue weighted by molar-refractivity contribution is 1.54. The lowest BCUT2D eigenvalue weighted by Crippen LogP contribution is -1.05. The number of rotatable bonds is 0. The van der Waals surface area contributed by atoms with Crippen molar-refractivity contribution in [1.82, 2.24) is 0 Å². The minimum Gasteiger partial charge on any atom is -0.175 e. The molecule has 0 aliphatic rings. The lowest BCUT2D eigenvalue weighted by atomic mass is 13.2. The van der Waals surface area contributed by atoms with Crippen LogP contribution in [0.2, 0.25) is 0 Å². The van der Waals surface area contributed by atoms with Gasteiger partial charge in [-0.3, -0.25) is 0 Å². The molecule has 0 radical (unpaired) electrons. The first kappa shape index (κ1) is 4.46. The zero-order chi connectivity index (χ0) is 3.41. The highest BCUT2D eigenvalue weighted by Crippen LogP contribution is 1.88. The van der Waals surface area contributed by atoms with Crippen molar-refractivity contribution >= 4 is 18.8 Å². The topological polar surface area (TPSA) is 24.7 Å². The van der Waals surface area contributed by atoms with Gasteiger partial charge in [0.05, 0.1) is 0 Å². The van der Waals surface area contributed by atoms with Crippen LogP contribution in [-0.2, 0) is 0 Å². The van der Waals surface area contributed by atoms with Crippen molar-refractivity contribution in [2.75, 3.05) is 0 Å². The van der Waals surface area contributed by atoms with E-state index in [4.69, 9.17) is 0 Å². The van der Waals surface area contributed by atoms with Crippen LogP contribution in [0.1, 0.15) is 0 Å². The zero-order valence-electron chi connectivity index (χ0n) is 2.05. The Bertz CT molecular complexity index is 19.2. The Kier molecular flexibility index (Phi) is 3.86. The van der Waals surface area contributed by atoms with Gasteiger partial charge in [-0.1, -0.05) is 0 Å². The van der Waals surface area contributed by atoms with Gasteiger partial charge in [0.1, 0.15) is 0 Å². The van der Waals surface area contributed by atoms with Crippen LogP contribution in [0, 0.1) is 0 Å². The molecule has 0 heterocycles. The molecule has 2 atom stereocenters. The molecule has 0 saturated heterocycles. The van der Waals surface area contributed by atoms with E-state index in [1.54, 1.807) is 0 Å². The van der Waals surface area contributed by atoms with Crippen molar-refractivity contribution in [2.45, 2.75) is 0 Å². The zero-order valence-corrected chi connectivity index (χ0v) is 4.36. The van der Waals surface area contributed by atoms with E-state index in [9.17, 15) is 0 Å². The van der Waals surface area contributed by atoms with Gasteiger partial charge in [-0.15, -0.1) is 0 Å². The lowest BCUT2D eigenvalue weighted by Gasteiger charge is -1.53. The second-order valence-electron chi connectivity index (χ2n) is 0.231. The molecule has 0 spiro atoms. The highest BCUT2D eigenvalue weighted by atomic mass is 31.0. The summed E-state index contributed by atoms with van der Waals surface area (Å²) in [5.41, 5.74) is 0. The summed E-state index contributed by atoms with van der Waals surface area (Å²) in [6.07, 6.45) is 0. The van der Waals surface area contributed by atoms with Gasteiger partial charge in [0.15, 0.2) is 0 Å². The van der Waals surface area contributed by atoms with E-state index in [1.807, 2.05) is 0 Å². The van der Waals surface area contributed by atoms with Crippen molar-refractivity contribution in [3.8, 4) is 0 Å². The highest BCUT2D eigenvalue weighted by Gasteiger charge is 1.31. The van der Waals surface area contributed by atoms with Gasteiger partial charge in [0, 0.05) is 18.8 Å². The normalized spacial score (nSPS) is 9.50. The van der Waals surface area contributed by atoms with Gasteiger partial charge in [-0.2, -0.15) is 9.77 Å². The molecule has 0 aromatic heterocycles. The Labute approximate surface area is 29.6 Å². The number of hydrogen-bond acceptors (Lipinski definition) is 2. The summed E-state index contributed by atoms with van der Waals surface area (Å²) in [5.74, 6) is 0. The van der Waals surface area contributed by atoms with Gasteiger partial charge in [-0.05, 0) is 0 Å². The Morgan fingerprint density at radius 1 is 1.00 bits per heavy atom. The minimum absolute atomic E-state index is 2.09. The predicted molar refractivity (Wildman–Crippen MR) is 24.3 cm³/mol. The van der Waals surface area contributed by atoms with Crippen LogP contribution in [0.5, 0.6) is 0 Å². The molecule has 0 fully saturated rings. The molecule has 24 valence electrons. The third-order valence-electron chi connectivity index (χ3n) is 0.0667. The maximum Gasteiger partial charge on any atom is 0.0113 e. The molecular weight excluding hydrogens is 90.0 g/mol. The van der Waals surface area contributed by atoms with Gasteiger partial charge in [0.2, 0.25) is 0 Å². The largest absolute Gasteiger partial charge is 0.175 e. The summed E-state index contributed by atoms with van der Waals surface area (Å²) in [4.78, 5) is 6.48. The monoisotopic (exact) mass is 94.0 g/mol. The molecule has 0 aliphatic carbocycles. The fourth-order valence-corrected chi connectivity index (χ4v) is 0. The van der Waals surface area contributed by atoms with Crippen molar-refractivity contribution in [3.63, 3.8) is 0 Å². The van der Waals surface area contributed by atoms with Crippen molar-refractivity contribution < 1.29 is 0 Å². The molecule has 0 amide bonds. The first-order valence-electron chi connectivity index (χ1n) is 0.716. The first-order chi connectivity index (χ1) is 1.91. The summed E-state index contributed by atoms with van der Waals surface area (Å²) >= 11 is 0. The summed E-state index contributed by atoms with van der Waals surface area (Å²) < 4.78 is 0. The minimum atomic E-state index is 2.09. The van der Waals surface area contributed by atoms with E-state index in [-0.39, 0.29) is 0 Å². The van der Waals surface area contributed by atoms with Crippen LogP contribution in [0.4, 0.5) is 0 Å². The Hall–Kier alpha value is 0.460. The van der Waals surface area contributed by atoms with Gasteiger partial charge < -0.3 is 0 Å². The van der Waals surface area contributed by atoms with Crippen LogP contribution < -0.4 is 0 Å². The van der Waals surface area contributed by atoms with Crippen LogP contribution >= 0.6 is 18.8 Å². The molecule has 4 heavy (non-hydrogen) atoms. The summed E-state index contributed by atoms with van der Waals surface area (Å²) in [6, 6.07) is 0. The smallest absolute Gasteiger partial charge is 0.0113 e. The van der Waals surface area contributed by atoms with Gasteiger partial charge >= 0.3 is 0 Å². The van der Waals surface area contributed by atoms with E-state index in [2.05, 4.69) is 28.6 Å². The average Bonchev–Trinajstić information content (AvgIpc) is 1.37. The standard InChI is InChI=1S/H4N2P2/c3-1-2-4/h3-4H2. The van der Waals surface area contributed by atoms with E-state index in [0.717, 1.165) is 0 Å². The molecule has 0 bridgehead atoms.